The van der Waals surface area contributed by atoms with Gasteiger partial charge in [-0.05, 0) is 79.0 Å². The van der Waals surface area contributed by atoms with Crippen molar-refractivity contribution in [2.24, 2.45) is 0 Å². The summed E-state index contributed by atoms with van der Waals surface area (Å²) in [4.78, 5) is 0.337. The number of fused-ring (bicyclic) bond motifs is 1. The number of hydrogen-bond acceptors (Lipinski definition) is 5. The van der Waals surface area contributed by atoms with E-state index in [0.717, 1.165) is 41.9 Å². The number of nitrogens with one attached hydrogen (secondary N) is 2. The molecule has 1 aromatic heterocycles. The molecule has 5 nitrogen and oxygen atoms in total. The van der Waals surface area contributed by atoms with Crippen LogP contribution in [0.15, 0.2) is 47.4 Å². The molecule has 0 saturated heterocycles. The molecule has 4 rings (SSSR count). The van der Waals surface area contributed by atoms with E-state index in [1.54, 1.807) is 24.3 Å². The van der Waals surface area contributed by atoms with Crippen molar-refractivity contribution in [3.8, 4) is 16.2 Å². The molecule has 166 valence electrons. The number of sulfonamides is 1. The van der Waals surface area contributed by atoms with Crippen LogP contribution in [0, 0.1) is 5.82 Å². The van der Waals surface area contributed by atoms with Gasteiger partial charge in [0.2, 0.25) is 0 Å². The molecule has 0 unspecified atom stereocenters. The Hall–Kier alpha value is -1.84. The first-order valence-corrected chi connectivity index (χ1v) is 12.0. The first-order valence-electron chi connectivity index (χ1n) is 9.36. The lowest BCUT2D eigenvalue weighted by Gasteiger charge is -2.16. The Morgan fingerprint density at radius 2 is 1.81 bits per heavy atom. The Bertz CT molecular complexity index is 1200. The van der Waals surface area contributed by atoms with Gasteiger partial charge in [0.1, 0.15) is 16.5 Å². The minimum atomic E-state index is -4.15. The van der Waals surface area contributed by atoms with Gasteiger partial charge in [-0.25, -0.2) is 12.8 Å². The molecule has 31 heavy (non-hydrogen) atoms. The zero-order chi connectivity index (χ0) is 21.3. The molecular weight excluding hydrogens is 482 g/mol. The smallest absolute Gasteiger partial charge is 0.264 e. The molecule has 0 aliphatic carbocycles. The molecule has 3 aromatic rings. The van der Waals surface area contributed by atoms with Gasteiger partial charge in [0.25, 0.3) is 10.0 Å². The van der Waals surface area contributed by atoms with E-state index < -0.39 is 20.7 Å². The summed E-state index contributed by atoms with van der Waals surface area (Å²) in [5.74, 6) is -0.424. The molecule has 0 bridgehead atoms. The van der Waals surface area contributed by atoms with Crippen molar-refractivity contribution >= 4 is 51.1 Å². The normalized spacial score (nSPS) is 13.6. The maximum atomic E-state index is 14.8. The fraction of sp³-hybridized carbons (Fsp3) is 0.238. The number of halogens is 3. The highest BCUT2D eigenvalue weighted by Gasteiger charge is 2.23. The Morgan fingerprint density at radius 3 is 2.42 bits per heavy atom. The molecular formula is C21H21Cl2FN2O3S2. The minimum absolute atomic E-state index is 0. The van der Waals surface area contributed by atoms with Crippen LogP contribution in [-0.2, 0) is 22.9 Å². The van der Waals surface area contributed by atoms with E-state index in [2.05, 4.69) is 10.0 Å². The quantitative estimate of drug-likeness (QED) is 0.507. The maximum Gasteiger partial charge on any atom is 0.264 e. The second-order valence-corrected chi connectivity index (χ2v) is 10.3. The Balaban J connectivity index is 0.00000272. The van der Waals surface area contributed by atoms with Crippen molar-refractivity contribution < 1.29 is 17.5 Å². The molecule has 1 aliphatic rings. The van der Waals surface area contributed by atoms with Crippen molar-refractivity contribution in [3.05, 3.63) is 63.7 Å². The molecule has 1 aliphatic heterocycles. The van der Waals surface area contributed by atoms with Crippen molar-refractivity contribution in [2.45, 2.75) is 17.7 Å². The minimum Gasteiger partial charge on any atom is -0.495 e. The molecule has 2 heterocycles. The van der Waals surface area contributed by atoms with Gasteiger partial charge in [-0.3, -0.25) is 4.72 Å². The molecule has 2 N–H and O–H groups in total. The zero-order valence-corrected chi connectivity index (χ0v) is 19.8. The van der Waals surface area contributed by atoms with Gasteiger partial charge in [0.05, 0.1) is 17.1 Å². The van der Waals surface area contributed by atoms with Gasteiger partial charge >= 0.3 is 0 Å². The Morgan fingerprint density at radius 1 is 1.10 bits per heavy atom. The molecule has 0 saturated carbocycles. The third kappa shape index (κ3) is 5.15. The standard InChI is InChI=1S/C21H20ClFN2O3S2.ClH/c1-28-18-12-14-7-9-24-8-6-13(14)11-17(18)25-30(26,27)20-4-2-15(10-16(20)23)19-3-5-21(22)29-19;/h2-5,10-12,24-25H,6-9H2,1H3;1H. The zero-order valence-electron chi connectivity index (χ0n) is 16.6. The van der Waals surface area contributed by atoms with Crippen LogP contribution >= 0.6 is 35.3 Å². The fourth-order valence-electron chi connectivity index (χ4n) is 3.49. The number of ether oxygens (including phenoxy) is 1. The third-order valence-electron chi connectivity index (χ3n) is 4.99. The average molecular weight is 503 g/mol. The number of rotatable bonds is 5. The van der Waals surface area contributed by atoms with Gasteiger partial charge in [-0.15, -0.1) is 23.7 Å². The van der Waals surface area contributed by atoms with Gasteiger partial charge < -0.3 is 10.1 Å². The average Bonchev–Trinajstić information content (AvgIpc) is 3.01. The van der Waals surface area contributed by atoms with E-state index in [4.69, 9.17) is 16.3 Å². The Kier molecular flexibility index (Phi) is 7.49. The summed E-state index contributed by atoms with van der Waals surface area (Å²) in [6.45, 7) is 1.67. The van der Waals surface area contributed by atoms with E-state index in [9.17, 15) is 12.8 Å². The predicted octanol–water partition coefficient (Wildman–Crippen LogP) is 5.13. The highest BCUT2D eigenvalue weighted by atomic mass is 35.5. The molecule has 0 spiro atoms. The maximum absolute atomic E-state index is 14.8. The second kappa shape index (κ2) is 9.75. The van der Waals surface area contributed by atoms with Crippen molar-refractivity contribution in [2.75, 3.05) is 24.9 Å². The number of thiophene rings is 1. The van der Waals surface area contributed by atoms with Gasteiger partial charge in [-0.2, -0.15) is 0 Å². The van der Waals surface area contributed by atoms with E-state index in [0.29, 0.717) is 21.3 Å². The van der Waals surface area contributed by atoms with Gasteiger partial charge in [0.15, 0.2) is 0 Å². The summed E-state index contributed by atoms with van der Waals surface area (Å²) in [7, 11) is -2.67. The van der Waals surface area contributed by atoms with Crippen LogP contribution in [-0.4, -0.2) is 28.6 Å². The lowest BCUT2D eigenvalue weighted by molar-refractivity contribution is 0.416. The molecule has 2 aromatic carbocycles. The fourth-order valence-corrected chi connectivity index (χ4v) is 5.65. The number of anilines is 1. The number of methoxy groups -OCH3 is 1. The van der Waals surface area contributed by atoms with Crippen LogP contribution in [0.3, 0.4) is 0 Å². The summed E-state index contributed by atoms with van der Waals surface area (Å²) in [6.07, 6.45) is 1.61. The topological polar surface area (TPSA) is 67.4 Å². The molecule has 0 atom stereocenters. The predicted molar refractivity (Wildman–Crippen MR) is 126 cm³/mol. The molecule has 0 amide bonds. The van der Waals surface area contributed by atoms with Crippen LogP contribution in [0.5, 0.6) is 5.75 Å². The summed E-state index contributed by atoms with van der Waals surface area (Å²) >= 11 is 7.23. The largest absolute Gasteiger partial charge is 0.495 e. The first-order chi connectivity index (χ1) is 14.4. The Labute approximate surface area is 196 Å². The van der Waals surface area contributed by atoms with E-state index in [1.807, 2.05) is 6.07 Å². The highest BCUT2D eigenvalue weighted by Crippen LogP contribution is 2.34. The van der Waals surface area contributed by atoms with Gasteiger partial charge in [0, 0.05) is 4.88 Å². The lowest BCUT2D eigenvalue weighted by atomic mass is 10.0. The lowest BCUT2D eigenvalue weighted by Crippen LogP contribution is -2.16. The molecule has 0 fully saturated rings. The summed E-state index contributed by atoms with van der Waals surface area (Å²) in [5.41, 5.74) is 3.03. The monoisotopic (exact) mass is 502 g/mol. The van der Waals surface area contributed by atoms with Crippen LogP contribution in [0.25, 0.3) is 10.4 Å². The van der Waals surface area contributed by atoms with E-state index in [1.165, 1.54) is 30.6 Å². The summed E-state index contributed by atoms with van der Waals surface area (Å²) < 4.78 is 49.1. The highest BCUT2D eigenvalue weighted by molar-refractivity contribution is 7.92. The number of benzene rings is 2. The second-order valence-electron chi connectivity index (χ2n) is 6.93. The van der Waals surface area contributed by atoms with Crippen molar-refractivity contribution in [1.82, 2.24) is 5.32 Å². The van der Waals surface area contributed by atoms with E-state index in [-0.39, 0.29) is 12.4 Å². The van der Waals surface area contributed by atoms with Crippen LogP contribution in [0.1, 0.15) is 11.1 Å². The van der Waals surface area contributed by atoms with Crippen LogP contribution in [0.2, 0.25) is 4.34 Å². The van der Waals surface area contributed by atoms with Crippen LogP contribution < -0.4 is 14.8 Å². The molecule has 0 radical (unpaired) electrons. The van der Waals surface area contributed by atoms with Gasteiger partial charge in [-0.1, -0.05) is 17.7 Å². The molecule has 10 heteroatoms. The summed E-state index contributed by atoms with van der Waals surface area (Å²) in [5, 5.41) is 3.32. The van der Waals surface area contributed by atoms with Crippen LogP contribution in [0.4, 0.5) is 10.1 Å². The summed E-state index contributed by atoms with van der Waals surface area (Å²) in [6, 6.07) is 11.1. The SMILES string of the molecule is COc1cc2c(cc1NS(=O)(=O)c1ccc(-c3ccc(Cl)s3)cc1F)CCNCC2.Cl. The van der Waals surface area contributed by atoms with Crippen molar-refractivity contribution in [1.29, 1.82) is 0 Å². The van der Waals surface area contributed by atoms with Crippen molar-refractivity contribution in [3.63, 3.8) is 0 Å². The van der Waals surface area contributed by atoms with E-state index >= 15 is 0 Å². The first kappa shape index (κ1) is 23.8. The number of hydrogen-bond donors (Lipinski definition) is 2. The third-order valence-corrected chi connectivity index (χ3v) is 7.67.